The van der Waals surface area contributed by atoms with Crippen LogP contribution < -0.4 is 5.73 Å². The molecule has 0 aliphatic heterocycles. The third kappa shape index (κ3) is 3.65. The molecule has 4 nitrogen and oxygen atoms in total. The van der Waals surface area contributed by atoms with Gasteiger partial charge in [-0.15, -0.1) is 0 Å². The van der Waals surface area contributed by atoms with Crippen LogP contribution >= 0.6 is 0 Å². The van der Waals surface area contributed by atoms with Crippen molar-refractivity contribution in [3.8, 4) is 0 Å². The first-order valence-electron chi connectivity index (χ1n) is 6.64. The third-order valence-corrected chi connectivity index (χ3v) is 3.10. The van der Waals surface area contributed by atoms with Crippen molar-refractivity contribution in [1.82, 2.24) is 9.88 Å². The van der Waals surface area contributed by atoms with Gasteiger partial charge in [0.1, 0.15) is 0 Å². The molecule has 4 heteroatoms. The van der Waals surface area contributed by atoms with Gasteiger partial charge in [-0.25, -0.2) is 0 Å². The van der Waals surface area contributed by atoms with Crippen molar-refractivity contribution in [2.24, 2.45) is 5.73 Å². The summed E-state index contributed by atoms with van der Waals surface area (Å²) in [6.45, 7) is 1.14. The Morgan fingerprint density at radius 2 is 2.05 bits per heavy atom. The van der Waals surface area contributed by atoms with Gasteiger partial charge in [-0.2, -0.15) is 0 Å². The van der Waals surface area contributed by atoms with Crippen LogP contribution in [0, 0.1) is 0 Å². The van der Waals surface area contributed by atoms with E-state index >= 15 is 0 Å². The third-order valence-electron chi connectivity index (χ3n) is 3.10. The summed E-state index contributed by atoms with van der Waals surface area (Å²) in [6, 6.07) is 11.5. The molecule has 0 spiro atoms. The molecule has 2 N–H and O–H groups in total. The molecule has 2 aromatic rings. The van der Waals surface area contributed by atoms with Gasteiger partial charge < -0.3 is 10.6 Å². The number of nitrogens with two attached hydrogens (primary N) is 1. The van der Waals surface area contributed by atoms with Gasteiger partial charge in [-0.1, -0.05) is 18.2 Å². The molecular formula is C16H19N3O. The summed E-state index contributed by atoms with van der Waals surface area (Å²) in [5, 5.41) is 0. The molecule has 2 rings (SSSR count). The van der Waals surface area contributed by atoms with Crippen LogP contribution in [0.2, 0.25) is 0 Å². The average Bonchev–Trinajstić information content (AvgIpc) is 2.48. The van der Waals surface area contributed by atoms with Crippen molar-refractivity contribution >= 4 is 5.91 Å². The summed E-state index contributed by atoms with van der Waals surface area (Å²) in [5.41, 5.74) is 8.35. The second-order valence-electron chi connectivity index (χ2n) is 4.76. The number of rotatable bonds is 5. The molecule has 0 aliphatic rings. The second kappa shape index (κ2) is 6.82. The Morgan fingerprint density at radius 1 is 1.25 bits per heavy atom. The Kier molecular flexibility index (Phi) is 4.85. The van der Waals surface area contributed by atoms with Gasteiger partial charge in [-0.05, 0) is 42.3 Å². The van der Waals surface area contributed by atoms with E-state index in [-0.39, 0.29) is 5.91 Å². The summed E-state index contributed by atoms with van der Waals surface area (Å²) >= 11 is 0. The minimum atomic E-state index is 0.00715. The van der Waals surface area contributed by atoms with Gasteiger partial charge in [-0.3, -0.25) is 9.78 Å². The van der Waals surface area contributed by atoms with Crippen molar-refractivity contribution in [3.05, 3.63) is 65.5 Å². The van der Waals surface area contributed by atoms with E-state index in [1.54, 1.807) is 24.3 Å². The first-order valence-corrected chi connectivity index (χ1v) is 6.64. The van der Waals surface area contributed by atoms with Crippen molar-refractivity contribution in [1.29, 1.82) is 0 Å². The van der Waals surface area contributed by atoms with Crippen LogP contribution in [0.5, 0.6) is 0 Å². The van der Waals surface area contributed by atoms with Gasteiger partial charge in [0, 0.05) is 31.5 Å². The topological polar surface area (TPSA) is 59.2 Å². The smallest absolute Gasteiger partial charge is 0.253 e. The Balaban J connectivity index is 2.08. The number of hydrogen-bond acceptors (Lipinski definition) is 3. The van der Waals surface area contributed by atoms with E-state index in [2.05, 4.69) is 4.98 Å². The SMILES string of the molecule is CN(Cc1cccnc1)C(=O)c1cccc(CCN)c1. The molecule has 20 heavy (non-hydrogen) atoms. The van der Waals surface area contributed by atoms with Gasteiger partial charge in [0.05, 0.1) is 0 Å². The number of amides is 1. The van der Waals surface area contributed by atoms with Crippen LogP contribution in [0.1, 0.15) is 21.5 Å². The highest BCUT2D eigenvalue weighted by molar-refractivity contribution is 5.94. The standard InChI is InChI=1S/C16H19N3O/c1-19(12-14-5-3-9-18-11-14)16(20)15-6-2-4-13(10-15)7-8-17/h2-6,9-11H,7-8,12,17H2,1H3. The fourth-order valence-electron chi connectivity index (χ4n) is 2.08. The van der Waals surface area contributed by atoms with E-state index in [0.29, 0.717) is 18.7 Å². The highest BCUT2D eigenvalue weighted by Gasteiger charge is 2.12. The monoisotopic (exact) mass is 269 g/mol. The lowest BCUT2D eigenvalue weighted by atomic mass is 10.1. The lowest BCUT2D eigenvalue weighted by molar-refractivity contribution is 0.0785. The molecule has 0 bridgehead atoms. The maximum atomic E-state index is 12.4. The quantitative estimate of drug-likeness (QED) is 0.901. The van der Waals surface area contributed by atoms with E-state index in [1.165, 1.54) is 0 Å². The van der Waals surface area contributed by atoms with Crippen molar-refractivity contribution < 1.29 is 4.79 Å². The van der Waals surface area contributed by atoms with Gasteiger partial charge in [0.2, 0.25) is 0 Å². The predicted molar refractivity (Wildman–Crippen MR) is 79.2 cm³/mol. The van der Waals surface area contributed by atoms with E-state index < -0.39 is 0 Å². The molecule has 1 aromatic carbocycles. The maximum Gasteiger partial charge on any atom is 0.253 e. The Labute approximate surface area is 119 Å². The van der Waals surface area contributed by atoms with E-state index in [4.69, 9.17) is 5.73 Å². The molecule has 104 valence electrons. The number of carbonyl (C=O) groups is 1. The number of benzene rings is 1. The minimum absolute atomic E-state index is 0.00715. The van der Waals surface area contributed by atoms with E-state index in [1.807, 2.05) is 36.4 Å². The molecule has 0 radical (unpaired) electrons. The second-order valence-corrected chi connectivity index (χ2v) is 4.76. The van der Waals surface area contributed by atoms with E-state index in [9.17, 15) is 4.79 Å². The zero-order valence-corrected chi connectivity index (χ0v) is 11.6. The highest BCUT2D eigenvalue weighted by Crippen LogP contribution is 2.10. The van der Waals surface area contributed by atoms with Crippen LogP contribution in [0.3, 0.4) is 0 Å². The number of hydrogen-bond donors (Lipinski definition) is 1. The molecule has 0 aliphatic carbocycles. The van der Waals surface area contributed by atoms with Crippen LogP contribution in [0.15, 0.2) is 48.8 Å². The average molecular weight is 269 g/mol. The molecule has 0 atom stereocenters. The fraction of sp³-hybridized carbons (Fsp3) is 0.250. The van der Waals surface area contributed by atoms with Crippen LogP contribution in [0.4, 0.5) is 0 Å². The first kappa shape index (κ1) is 14.2. The van der Waals surface area contributed by atoms with Crippen molar-refractivity contribution in [3.63, 3.8) is 0 Å². The molecule has 0 saturated carbocycles. The molecule has 1 aromatic heterocycles. The van der Waals surface area contributed by atoms with Crippen LogP contribution in [-0.2, 0) is 13.0 Å². The number of nitrogens with zero attached hydrogens (tertiary/aromatic N) is 2. The lowest BCUT2D eigenvalue weighted by Gasteiger charge is -2.17. The summed E-state index contributed by atoms with van der Waals surface area (Å²) in [7, 11) is 1.80. The van der Waals surface area contributed by atoms with Gasteiger partial charge in [0.25, 0.3) is 5.91 Å². The zero-order chi connectivity index (χ0) is 14.4. The van der Waals surface area contributed by atoms with Gasteiger partial charge in [0.15, 0.2) is 0 Å². The van der Waals surface area contributed by atoms with E-state index in [0.717, 1.165) is 17.5 Å². The normalized spacial score (nSPS) is 10.3. The first-order chi connectivity index (χ1) is 9.70. The molecule has 0 fully saturated rings. The maximum absolute atomic E-state index is 12.4. The summed E-state index contributed by atoms with van der Waals surface area (Å²) in [6.07, 6.45) is 4.28. The zero-order valence-electron chi connectivity index (χ0n) is 11.6. The van der Waals surface area contributed by atoms with Crippen LogP contribution in [-0.4, -0.2) is 29.4 Å². The largest absolute Gasteiger partial charge is 0.337 e. The van der Waals surface area contributed by atoms with Gasteiger partial charge >= 0.3 is 0 Å². The summed E-state index contributed by atoms with van der Waals surface area (Å²) in [5.74, 6) is 0.00715. The molecule has 1 amide bonds. The Hall–Kier alpha value is -2.20. The molecular weight excluding hydrogens is 250 g/mol. The minimum Gasteiger partial charge on any atom is -0.337 e. The summed E-state index contributed by atoms with van der Waals surface area (Å²) in [4.78, 5) is 18.1. The molecule has 1 heterocycles. The number of aromatic nitrogens is 1. The molecule has 0 saturated heterocycles. The molecule has 0 unspecified atom stereocenters. The Bertz CT molecular complexity index is 569. The van der Waals surface area contributed by atoms with Crippen molar-refractivity contribution in [2.75, 3.05) is 13.6 Å². The number of pyridine rings is 1. The van der Waals surface area contributed by atoms with Crippen molar-refractivity contribution in [2.45, 2.75) is 13.0 Å². The predicted octanol–water partition coefficient (Wildman–Crippen LogP) is 1.85. The number of carbonyl (C=O) groups excluding carboxylic acids is 1. The Morgan fingerprint density at radius 3 is 2.75 bits per heavy atom. The lowest BCUT2D eigenvalue weighted by Crippen LogP contribution is -2.26. The fourth-order valence-corrected chi connectivity index (χ4v) is 2.08. The summed E-state index contributed by atoms with van der Waals surface area (Å²) < 4.78 is 0. The highest BCUT2D eigenvalue weighted by atomic mass is 16.2. The van der Waals surface area contributed by atoms with Crippen LogP contribution in [0.25, 0.3) is 0 Å².